The number of hydrogen-bond acceptors (Lipinski definition) is 5. The molecule has 8 nitrogen and oxygen atoms in total. The lowest BCUT2D eigenvalue weighted by Crippen LogP contribution is -2.34. The van der Waals surface area contributed by atoms with Gasteiger partial charge in [0.2, 0.25) is 0 Å². The van der Waals surface area contributed by atoms with E-state index in [1.807, 2.05) is 0 Å². The highest BCUT2D eigenvalue weighted by Gasteiger charge is 2.15. The summed E-state index contributed by atoms with van der Waals surface area (Å²) in [6, 6.07) is 7.20. The number of carbonyl (C=O) groups is 2. The first-order chi connectivity index (χ1) is 11.0. The molecule has 0 fully saturated rings. The monoisotopic (exact) mass is 381 g/mol. The molecule has 9 heteroatoms. The van der Waals surface area contributed by atoms with Gasteiger partial charge in [0.05, 0.1) is 15.7 Å². The van der Waals surface area contributed by atoms with Crippen molar-refractivity contribution in [2.45, 2.75) is 0 Å². The van der Waals surface area contributed by atoms with Crippen LogP contribution in [0.15, 0.2) is 45.5 Å². The van der Waals surface area contributed by atoms with Crippen molar-refractivity contribution in [2.75, 3.05) is 13.1 Å². The lowest BCUT2D eigenvalue weighted by atomic mass is 10.2. The number of nitro benzene ring substituents is 1. The average molecular weight is 382 g/mol. The largest absolute Gasteiger partial charge is 0.459 e. The number of benzene rings is 1. The summed E-state index contributed by atoms with van der Waals surface area (Å²) in [5, 5.41) is 16.0. The summed E-state index contributed by atoms with van der Waals surface area (Å²) >= 11 is 3.05. The Kier molecular flexibility index (Phi) is 5.47. The first kappa shape index (κ1) is 16.7. The van der Waals surface area contributed by atoms with E-state index < -0.39 is 10.8 Å². The van der Waals surface area contributed by atoms with E-state index in [1.54, 1.807) is 6.07 Å². The van der Waals surface area contributed by atoms with Crippen LogP contribution in [-0.2, 0) is 0 Å². The maximum atomic E-state index is 11.9. The molecular weight excluding hydrogens is 370 g/mol. The van der Waals surface area contributed by atoms with Crippen LogP contribution in [0.4, 0.5) is 5.69 Å². The van der Waals surface area contributed by atoms with Crippen molar-refractivity contribution in [3.05, 3.63) is 62.5 Å². The fraction of sp³-hybridized carbons (Fsp3) is 0.143. The Hall–Kier alpha value is -2.68. The van der Waals surface area contributed by atoms with Gasteiger partial charge in [0, 0.05) is 24.7 Å². The van der Waals surface area contributed by atoms with Gasteiger partial charge in [-0.05, 0) is 40.2 Å². The number of nitro groups is 1. The van der Waals surface area contributed by atoms with Crippen LogP contribution in [0, 0.1) is 10.1 Å². The first-order valence-corrected chi connectivity index (χ1v) is 7.32. The van der Waals surface area contributed by atoms with Crippen LogP contribution in [-0.4, -0.2) is 29.8 Å². The van der Waals surface area contributed by atoms with Crippen molar-refractivity contribution in [1.82, 2.24) is 10.6 Å². The average Bonchev–Trinajstić information content (AvgIpc) is 3.05. The molecule has 0 atom stereocenters. The fourth-order valence-electron chi connectivity index (χ4n) is 1.74. The molecule has 2 rings (SSSR count). The van der Waals surface area contributed by atoms with Gasteiger partial charge in [-0.3, -0.25) is 19.7 Å². The molecule has 1 heterocycles. The van der Waals surface area contributed by atoms with E-state index >= 15 is 0 Å². The molecule has 120 valence electrons. The number of amides is 2. The molecule has 0 aliphatic rings. The minimum absolute atomic E-state index is 0.164. The van der Waals surface area contributed by atoms with Crippen molar-refractivity contribution >= 4 is 33.4 Å². The SMILES string of the molecule is O=C(NCCNC(=O)c1ccco1)c1ccc(Br)c([N+](=O)[O-])c1. The topological polar surface area (TPSA) is 114 Å². The molecule has 23 heavy (non-hydrogen) atoms. The van der Waals surface area contributed by atoms with Crippen LogP contribution < -0.4 is 10.6 Å². The Balaban J connectivity index is 1.84. The lowest BCUT2D eigenvalue weighted by molar-refractivity contribution is -0.385. The molecule has 0 saturated carbocycles. The zero-order valence-electron chi connectivity index (χ0n) is 11.7. The van der Waals surface area contributed by atoms with E-state index in [-0.39, 0.29) is 36.0 Å². The highest BCUT2D eigenvalue weighted by molar-refractivity contribution is 9.10. The third-order valence-corrected chi connectivity index (χ3v) is 3.52. The molecule has 2 amide bonds. The number of furan rings is 1. The van der Waals surface area contributed by atoms with Gasteiger partial charge in [0.25, 0.3) is 17.5 Å². The molecule has 0 bridgehead atoms. The standard InChI is InChI=1S/C14H12BrN3O5/c15-10-4-3-9(8-11(10)18(21)22)13(19)16-5-6-17-14(20)12-2-1-7-23-12/h1-4,7-8H,5-6H2,(H,16,19)(H,17,20). The Morgan fingerprint density at radius 3 is 2.48 bits per heavy atom. The number of nitrogens with one attached hydrogen (secondary N) is 2. The van der Waals surface area contributed by atoms with Gasteiger partial charge in [-0.2, -0.15) is 0 Å². The zero-order valence-corrected chi connectivity index (χ0v) is 13.3. The summed E-state index contributed by atoms with van der Waals surface area (Å²) in [4.78, 5) is 33.8. The molecule has 0 unspecified atom stereocenters. The Morgan fingerprint density at radius 1 is 1.17 bits per heavy atom. The minimum Gasteiger partial charge on any atom is -0.459 e. The zero-order chi connectivity index (χ0) is 16.8. The summed E-state index contributed by atoms with van der Waals surface area (Å²) < 4.78 is 5.22. The number of hydrogen-bond donors (Lipinski definition) is 2. The molecule has 1 aromatic carbocycles. The Morgan fingerprint density at radius 2 is 1.87 bits per heavy atom. The number of nitrogens with zero attached hydrogens (tertiary/aromatic N) is 1. The molecule has 0 aliphatic heterocycles. The van der Waals surface area contributed by atoms with Crippen LogP contribution in [0.1, 0.15) is 20.9 Å². The second kappa shape index (κ2) is 7.54. The van der Waals surface area contributed by atoms with Gasteiger partial charge >= 0.3 is 0 Å². The predicted octanol–water partition coefficient (Wildman–Crippen LogP) is 2.11. The second-order valence-corrected chi connectivity index (χ2v) is 5.27. The van der Waals surface area contributed by atoms with E-state index in [1.165, 1.54) is 30.5 Å². The molecule has 0 aliphatic carbocycles. The molecule has 0 saturated heterocycles. The molecule has 0 spiro atoms. The predicted molar refractivity (Wildman–Crippen MR) is 84.2 cm³/mol. The van der Waals surface area contributed by atoms with Gasteiger partial charge in [0.15, 0.2) is 5.76 Å². The third kappa shape index (κ3) is 4.39. The van der Waals surface area contributed by atoms with Crippen molar-refractivity contribution in [2.24, 2.45) is 0 Å². The minimum atomic E-state index is -0.579. The first-order valence-electron chi connectivity index (χ1n) is 6.53. The van der Waals surface area contributed by atoms with Crippen molar-refractivity contribution in [3.8, 4) is 0 Å². The molecule has 1 aromatic heterocycles. The lowest BCUT2D eigenvalue weighted by Gasteiger charge is -2.06. The van der Waals surface area contributed by atoms with Crippen molar-refractivity contribution < 1.29 is 18.9 Å². The smallest absolute Gasteiger partial charge is 0.287 e. The Bertz CT molecular complexity index is 730. The van der Waals surface area contributed by atoms with E-state index in [4.69, 9.17) is 4.42 Å². The van der Waals surface area contributed by atoms with Gasteiger partial charge in [-0.15, -0.1) is 0 Å². The van der Waals surface area contributed by atoms with Gasteiger partial charge in [0.1, 0.15) is 0 Å². The quantitative estimate of drug-likeness (QED) is 0.451. The summed E-state index contributed by atoms with van der Waals surface area (Å²) in [6.07, 6.45) is 1.39. The van der Waals surface area contributed by atoms with Crippen LogP contribution in [0.2, 0.25) is 0 Å². The molecule has 2 aromatic rings. The maximum absolute atomic E-state index is 11.9. The number of halogens is 1. The molecular formula is C14H12BrN3O5. The second-order valence-electron chi connectivity index (χ2n) is 4.41. The summed E-state index contributed by atoms with van der Waals surface area (Å²) in [5.74, 6) is -0.670. The maximum Gasteiger partial charge on any atom is 0.287 e. The number of rotatable bonds is 6. The van der Waals surface area contributed by atoms with Crippen molar-refractivity contribution in [1.29, 1.82) is 0 Å². The Labute approximate surface area is 139 Å². The molecule has 2 N–H and O–H groups in total. The third-order valence-electron chi connectivity index (χ3n) is 2.85. The summed E-state index contributed by atoms with van der Waals surface area (Å²) in [6.45, 7) is 0.374. The highest BCUT2D eigenvalue weighted by atomic mass is 79.9. The van der Waals surface area contributed by atoms with E-state index in [9.17, 15) is 19.7 Å². The van der Waals surface area contributed by atoms with Crippen LogP contribution in [0.3, 0.4) is 0 Å². The van der Waals surface area contributed by atoms with E-state index in [0.29, 0.717) is 4.47 Å². The fourth-order valence-corrected chi connectivity index (χ4v) is 2.13. The number of carbonyl (C=O) groups excluding carboxylic acids is 2. The van der Waals surface area contributed by atoms with Crippen molar-refractivity contribution in [3.63, 3.8) is 0 Å². The van der Waals surface area contributed by atoms with Crippen LogP contribution >= 0.6 is 15.9 Å². The van der Waals surface area contributed by atoms with Gasteiger partial charge in [-0.25, -0.2) is 0 Å². The van der Waals surface area contributed by atoms with E-state index in [2.05, 4.69) is 26.6 Å². The normalized spacial score (nSPS) is 10.1. The highest BCUT2D eigenvalue weighted by Crippen LogP contribution is 2.25. The van der Waals surface area contributed by atoms with Gasteiger partial charge in [-0.1, -0.05) is 0 Å². The van der Waals surface area contributed by atoms with E-state index in [0.717, 1.165) is 0 Å². The van der Waals surface area contributed by atoms with Crippen LogP contribution in [0.5, 0.6) is 0 Å². The van der Waals surface area contributed by atoms with Crippen LogP contribution in [0.25, 0.3) is 0 Å². The summed E-state index contributed by atoms with van der Waals surface area (Å²) in [5.41, 5.74) is -0.0268. The molecule has 0 radical (unpaired) electrons. The van der Waals surface area contributed by atoms with Gasteiger partial charge < -0.3 is 15.1 Å². The summed E-state index contributed by atoms with van der Waals surface area (Å²) in [7, 11) is 0.